The Morgan fingerprint density at radius 1 is 1.28 bits per heavy atom. The predicted octanol–water partition coefficient (Wildman–Crippen LogP) is 2.41. The molecule has 0 aliphatic heterocycles. The van der Waals surface area contributed by atoms with E-state index in [1.165, 1.54) is 0 Å². The molecule has 18 heavy (non-hydrogen) atoms. The second kappa shape index (κ2) is 7.01. The standard InChI is InChI=1S/C14H21NO3/c1-10(2)9-17-4-5-18-14(16)12-6-11(3)7-13(15)8-12/h6-8,10H,4-5,9,15H2,1-3H3. The number of aryl methyl sites for hydroxylation is 1. The lowest BCUT2D eigenvalue weighted by Gasteiger charge is -2.08. The van der Waals surface area contributed by atoms with E-state index in [1.54, 1.807) is 12.1 Å². The fourth-order valence-corrected chi connectivity index (χ4v) is 1.53. The molecule has 0 unspecified atom stereocenters. The van der Waals surface area contributed by atoms with Crippen molar-refractivity contribution >= 4 is 11.7 Å². The zero-order valence-corrected chi connectivity index (χ0v) is 11.2. The first-order valence-electron chi connectivity index (χ1n) is 6.11. The van der Waals surface area contributed by atoms with Crippen LogP contribution in [-0.2, 0) is 9.47 Å². The van der Waals surface area contributed by atoms with Gasteiger partial charge in [0.25, 0.3) is 0 Å². The minimum atomic E-state index is -0.362. The largest absolute Gasteiger partial charge is 0.460 e. The summed E-state index contributed by atoms with van der Waals surface area (Å²) in [5.74, 6) is 0.121. The Labute approximate surface area is 108 Å². The van der Waals surface area contributed by atoms with Crippen molar-refractivity contribution < 1.29 is 14.3 Å². The van der Waals surface area contributed by atoms with Crippen LogP contribution in [0.2, 0.25) is 0 Å². The fourth-order valence-electron chi connectivity index (χ4n) is 1.53. The van der Waals surface area contributed by atoms with Gasteiger partial charge >= 0.3 is 5.97 Å². The smallest absolute Gasteiger partial charge is 0.338 e. The molecular weight excluding hydrogens is 230 g/mol. The number of benzene rings is 1. The first kappa shape index (κ1) is 14.5. The number of esters is 1. The van der Waals surface area contributed by atoms with Crippen LogP contribution in [0.3, 0.4) is 0 Å². The summed E-state index contributed by atoms with van der Waals surface area (Å²) in [6, 6.07) is 5.18. The molecule has 0 bridgehead atoms. The molecule has 0 aliphatic carbocycles. The zero-order chi connectivity index (χ0) is 13.5. The number of hydrogen-bond donors (Lipinski definition) is 1. The maximum atomic E-state index is 11.7. The second-order valence-corrected chi connectivity index (χ2v) is 4.74. The van der Waals surface area contributed by atoms with Gasteiger partial charge < -0.3 is 15.2 Å². The molecular formula is C14H21NO3. The number of carbonyl (C=O) groups excluding carboxylic acids is 1. The van der Waals surface area contributed by atoms with Gasteiger partial charge in [0, 0.05) is 12.3 Å². The third-order valence-electron chi connectivity index (χ3n) is 2.25. The van der Waals surface area contributed by atoms with Crippen LogP contribution in [-0.4, -0.2) is 25.8 Å². The van der Waals surface area contributed by atoms with Gasteiger partial charge in [-0.05, 0) is 36.6 Å². The van der Waals surface area contributed by atoms with Crippen LogP contribution in [0.25, 0.3) is 0 Å². The van der Waals surface area contributed by atoms with E-state index in [2.05, 4.69) is 13.8 Å². The minimum absolute atomic E-state index is 0.263. The summed E-state index contributed by atoms with van der Waals surface area (Å²) in [4.78, 5) is 11.7. The molecule has 100 valence electrons. The first-order valence-corrected chi connectivity index (χ1v) is 6.11. The van der Waals surface area contributed by atoms with Crippen molar-refractivity contribution in [2.24, 2.45) is 5.92 Å². The molecule has 0 radical (unpaired) electrons. The minimum Gasteiger partial charge on any atom is -0.460 e. The van der Waals surface area contributed by atoms with Crippen LogP contribution in [0, 0.1) is 12.8 Å². The number of ether oxygens (including phenoxy) is 2. The summed E-state index contributed by atoms with van der Waals surface area (Å²) in [6.07, 6.45) is 0. The average Bonchev–Trinajstić information content (AvgIpc) is 2.26. The molecule has 0 aromatic heterocycles. The predicted molar refractivity (Wildman–Crippen MR) is 71.5 cm³/mol. The van der Waals surface area contributed by atoms with Gasteiger partial charge in [-0.1, -0.05) is 13.8 Å². The highest BCUT2D eigenvalue weighted by Gasteiger charge is 2.08. The summed E-state index contributed by atoms with van der Waals surface area (Å²) >= 11 is 0. The number of rotatable bonds is 6. The molecule has 0 aliphatic rings. The van der Waals surface area contributed by atoms with E-state index in [4.69, 9.17) is 15.2 Å². The van der Waals surface area contributed by atoms with Crippen molar-refractivity contribution in [3.63, 3.8) is 0 Å². The Morgan fingerprint density at radius 3 is 2.61 bits per heavy atom. The van der Waals surface area contributed by atoms with E-state index in [0.717, 1.165) is 5.56 Å². The van der Waals surface area contributed by atoms with Crippen molar-refractivity contribution in [3.05, 3.63) is 29.3 Å². The van der Waals surface area contributed by atoms with Crippen LogP contribution in [0.1, 0.15) is 29.8 Å². The van der Waals surface area contributed by atoms with Gasteiger partial charge in [0.05, 0.1) is 12.2 Å². The van der Waals surface area contributed by atoms with Gasteiger partial charge in [0.2, 0.25) is 0 Å². The maximum absolute atomic E-state index is 11.7. The highest BCUT2D eigenvalue weighted by atomic mass is 16.6. The summed E-state index contributed by atoms with van der Waals surface area (Å²) in [6.45, 7) is 7.39. The number of nitrogens with two attached hydrogens (primary N) is 1. The van der Waals surface area contributed by atoms with E-state index in [1.807, 2.05) is 13.0 Å². The number of nitrogen functional groups attached to an aromatic ring is 1. The van der Waals surface area contributed by atoms with E-state index in [0.29, 0.717) is 30.4 Å². The van der Waals surface area contributed by atoms with Crippen molar-refractivity contribution in [1.82, 2.24) is 0 Å². The Kier molecular flexibility index (Phi) is 5.65. The van der Waals surface area contributed by atoms with Gasteiger partial charge in [-0.3, -0.25) is 0 Å². The lowest BCUT2D eigenvalue weighted by atomic mass is 10.1. The molecule has 4 heteroatoms. The lowest BCUT2D eigenvalue weighted by molar-refractivity contribution is 0.0277. The summed E-state index contributed by atoms with van der Waals surface area (Å²) in [5.41, 5.74) is 7.67. The maximum Gasteiger partial charge on any atom is 0.338 e. The molecule has 1 aromatic carbocycles. The first-order chi connectivity index (χ1) is 8.49. The van der Waals surface area contributed by atoms with Crippen LogP contribution < -0.4 is 5.73 Å². The summed E-state index contributed by atoms with van der Waals surface area (Å²) in [7, 11) is 0. The Balaban J connectivity index is 2.36. The van der Waals surface area contributed by atoms with E-state index in [9.17, 15) is 4.79 Å². The summed E-state index contributed by atoms with van der Waals surface area (Å²) in [5, 5.41) is 0. The quantitative estimate of drug-likeness (QED) is 0.479. The fraction of sp³-hybridized carbons (Fsp3) is 0.500. The van der Waals surface area contributed by atoms with Crippen LogP contribution in [0.5, 0.6) is 0 Å². The average molecular weight is 251 g/mol. The van der Waals surface area contributed by atoms with Gasteiger partial charge in [0.1, 0.15) is 6.61 Å². The molecule has 0 fully saturated rings. The molecule has 2 N–H and O–H groups in total. The third kappa shape index (κ3) is 5.19. The number of hydrogen-bond acceptors (Lipinski definition) is 4. The Morgan fingerprint density at radius 2 is 2.00 bits per heavy atom. The molecule has 0 atom stereocenters. The molecule has 1 rings (SSSR count). The Bertz CT molecular complexity index is 382. The van der Waals surface area contributed by atoms with Crippen molar-refractivity contribution in [2.75, 3.05) is 25.6 Å². The molecule has 0 saturated carbocycles. The number of anilines is 1. The summed E-state index contributed by atoms with van der Waals surface area (Å²) < 4.78 is 10.4. The van der Waals surface area contributed by atoms with E-state index < -0.39 is 0 Å². The van der Waals surface area contributed by atoms with Crippen molar-refractivity contribution in [3.8, 4) is 0 Å². The monoisotopic (exact) mass is 251 g/mol. The van der Waals surface area contributed by atoms with E-state index >= 15 is 0 Å². The molecule has 0 saturated heterocycles. The van der Waals surface area contributed by atoms with Gasteiger partial charge in [-0.2, -0.15) is 0 Å². The second-order valence-electron chi connectivity index (χ2n) is 4.74. The molecule has 0 heterocycles. The highest BCUT2D eigenvalue weighted by Crippen LogP contribution is 2.12. The van der Waals surface area contributed by atoms with Gasteiger partial charge in [-0.15, -0.1) is 0 Å². The van der Waals surface area contributed by atoms with Gasteiger partial charge in [-0.25, -0.2) is 4.79 Å². The van der Waals surface area contributed by atoms with Gasteiger partial charge in [0.15, 0.2) is 0 Å². The molecule has 1 aromatic rings. The molecule has 4 nitrogen and oxygen atoms in total. The lowest BCUT2D eigenvalue weighted by Crippen LogP contribution is -2.13. The molecule has 0 spiro atoms. The number of carbonyl (C=O) groups is 1. The zero-order valence-electron chi connectivity index (χ0n) is 11.2. The SMILES string of the molecule is Cc1cc(N)cc(C(=O)OCCOCC(C)C)c1. The van der Waals surface area contributed by atoms with Crippen LogP contribution in [0.15, 0.2) is 18.2 Å². The normalized spacial score (nSPS) is 10.7. The topological polar surface area (TPSA) is 61.6 Å². The van der Waals surface area contributed by atoms with Crippen LogP contribution >= 0.6 is 0 Å². The van der Waals surface area contributed by atoms with E-state index in [-0.39, 0.29) is 12.6 Å². The highest BCUT2D eigenvalue weighted by molar-refractivity contribution is 5.90. The molecule has 0 amide bonds. The third-order valence-corrected chi connectivity index (χ3v) is 2.25. The van der Waals surface area contributed by atoms with Crippen molar-refractivity contribution in [1.29, 1.82) is 0 Å². The van der Waals surface area contributed by atoms with Crippen molar-refractivity contribution in [2.45, 2.75) is 20.8 Å². The Hall–Kier alpha value is -1.55. The van der Waals surface area contributed by atoms with Crippen LogP contribution in [0.4, 0.5) is 5.69 Å².